The van der Waals surface area contributed by atoms with Gasteiger partial charge in [0, 0.05) is 17.6 Å². The van der Waals surface area contributed by atoms with E-state index in [-0.39, 0.29) is 23.3 Å². The minimum absolute atomic E-state index is 0.177. The molecule has 0 aromatic heterocycles. The fourth-order valence-corrected chi connectivity index (χ4v) is 4.80. The summed E-state index contributed by atoms with van der Waals surface area (Å²) in [5.41, 5.74) is 0. The highest BCUT2D eigenvalue weighted by Crippen LogP contribution is 2.28. The van der Waals surface area contributed by atoms with Gasteiger partial charge in [0.25, 0.3) is 0 Å². The minimum atomic E-state index is -3.59. The summed E-state index contributed by atoms with van der Waals surface area (Å²) >= 11 is 3.26. The molecule has 1 aromatic rings. The van der Waals surface area contributed by atoms with E-state index in [0.717, 1.165) is 0 Å². The molecule has 1 saturated heterocycles. The molecule has 110 valence electrons. The van der Waals surface area contributed by atoms with Gasteiger partial charge in [0.05, 0.1) is 17.9 Å². The predicted octanol–water partition coefficient (Wildman–Crippen LogP) is 2.02. The van der Waals surface area contributed by atoms with Gasteiger partial charge in [0.15, 0.2) is 0 Å². The maximum Gasteiger partial charge on any atom is 0.309 e. The average molecular weight is 362 g/mol. The van der Waals surface area contributed by atoms with E-state index in [0.29, 0.717) is 23.9 Å². The molecule has 2 rings (SSSR count). The highest BCUT2D eigenvalue weighted by Gasteiger charge is 2.34. The Morgan fingerprint density at radius 1 is 1.40 bits per heavy atom. The van der Waals surface area contributed by atoms with E-state index in [1.165, 1.54) is 11.4 Å². The van der Waals surface area contributed by atoms with Gasteiger partial charge in [0.1, 0.15) is 0 Å². The van der Waals surface area contributed by atoms with Crippen molar-refractivity contribution < 1.29 is 17.9 Å². The summed E-state index contributed by atoms with van der Waals surface area (Å²) in [4.78, 5) is 11.8. The maximum absolute atomic E-state index is 12.6. The van der Waals surface area contributed by atoms with Crippen molar-refractivity contribution in [3.63, 3.8) is 0 Å². The maximum atomic E-state index is 12.6. The van der Waals surface area contributed by atoms with Gasteiger partial charge in [-0.1, -0.05) is 12.1 Å². The van der Waals surface area contributed by atoms with Crippen LogP contribution in [0.2, 0.25) is 0 Å². The Hall–Kier alpha value is -0.920. The second kappa shape index (κ2) is 6.24. The lowest BCUT2D eigenvalue weighted by Crippen LogP contribution is -2.42. The van der Waals surface area contributed by atoms with Crippen LogP contribution in [0, 0.1) is 5.92 Å². The summed E-state index contributed by atoms with van der Waals surface area (Å²) in [5.74, 6) is -0.733. The van der Waals surface area contributed by atoms with Crippen molar-refractivity contribution >= 4 is 31.9 Å². The lowest BCUT2D eigenvalue weighted by Gasteiger charge is -2.30. The molecular weight excluding hydrogens is 346 g/mol. The number of hydrogen-bond donors (Lipinski definition) is 0. The lowest BCUT2D eigenvalue weighted by molar-refractivity contribution is -0.146. The van der Waals surface area contributed by atoms with E-state index in [1.807, 2.05) is 0 Å². The third kappa shape index (κ3) is 3.05. The summed E-state index contributed by atoms with van der Waals surface area (Å²) in [6, 6.07) is 6.69. The van der Waals surface area contributed by atoms with Crippen LogP contribution in [0.15, 0.2) is 33.6 Å². The number of sulfonamides is 1. The van der Waals surface area contributed by atoms with Crippen LogP contribution in [-0.4, -0.2) is 38.9 Å². The first-order valence-corrected chi connectivity index (χ1v) is 8.52. The third-order valence-corrected chi connectivity index (χ3v) is 6.25. The zero-order valence-electron chi connectivity index (χ0n) is 11.1. The number of ether oxygens (including phenoxy) is 1. The molecule has 20 heavy (non-hydrogen) atoms. The number of rotatable bonds is 3. The van der Waals surface area contributed by atoms with Gasteiger partial charge in [-0.15, -0.1) is 0 Å². The first-order valence-electron chi connectivity index (χ1n) is 6.29. The van der Waals surface area contributed by atoms with Gasteiger partial charge in [-0.05, 0) is 40.9 Å². The largest absolute Gasteiger partial charge is 0.469 e. The van der Waals surface area contributed by atoms with E-state index in [4.69, 9.17) is 4.74 Å². The molecule has 0 saturated carbocycles. The van der Waals surface area contributed by atoms with Crippen molar-refractivity contribution in [2.75, 3.05) is 20.2 Å². The Morgan fingerprint density at radius 3 is 2.75 bits per heavy atom. The van der Waals surface area contributed by atoms with Crippen LogP contribution < -0.4 is 0 Å². The SMILES string of the molecule is COC(=O)C1CCCN(S(=O)(=O)c2ccccc2Br)C1. The summed E-state index contributed by atoms with van der Waals surface area (Å²) in [5, 5.41) is 0. The first-order chi connectivity index (χ1) is 9.46. The van der Waals surface area contributed by atoms with Gasteiger partial charge in [-0.3, -0.25) is 4.79 Å². The van der Waals surface area contributed by atoms with Crippen LogP contribution in [-0.2, 0) is 19.6 Å². The molecule has 0 bridgehead atoms. The Balaban J connectivity index is 2.26. The number of benzene rings is 1. The highest BCUT2D eigenvalue weighted by atomic mass is 79.9. The number of piperidine rings is 1. The van der Waals surface area contributed by atoms with Crippen LogP contribution in [0.5, 0.6) is 0 Å². The number of halogens is 1. The number of nitrogens with zero attached hydrogens (tertiary/aromatic N) is 1. The van der Waals surface area contributed by atoms with Gasteiger partial charge in [-0.25, -0.2) is 8.42 Å². The van der Waals surface area contributed by atoms with Crippen LogP contribution in [0.4, 0.5) is 0 Å². The summed E-state index contributed by atoms with van der Waals surface area (Å²) in [7, 11) is -2.27. The fraction of sp³-hybridized carbons (Fsp3) is 0.462. The number of carbonyl (C=O) groups excluding carboxylic acids is 1. The average Bonchev–Trinajstić information content (AvgIpc) is 2.47. The number of methoxy groups -OCH3 is 1. The molecule has 5 nitrogen and oxygen atoms in total. The highest BCUT2D eigenvalue weighted by molar-refractivity contribution is 9.10. The van der Waals surface area contributed by atoms with Crippen molar-refractivity contribution in [3.8, 4) is 0 Å². The second-order valence-corrected chi connectivity index (χ2v) is 7.42. The van der Waals surface area contributed by atoms with E-state index in [2.05, 4.69) is 15.9 Å². The molecule has 7 heteroatoms. The molecular formula is C13H16BrNO4S. The van der Waals surface area contributed by atoms with E-state index in [1.54, 1.807) is 24.3 Å². The van der Waals surface area contributed by atoms with Crippen LogP contribution in [0.25, 0.3) is 0 Å². The Labute approximate surface area is 127 Å². The zero-order valence-corrected chi connectivity index (χ0v) is 13.5. The Kier molecular flexibility index (Phi) is 4.82. The summed E-state index contributed by atoms with van der Waals surface area (Å²) < 4.78 is 31.8. The van der Waals surface area contributed by atoms with E-state index >= 15 is 0 Å². The number of esters is 1. The normalized spacial score (nSPS) is 20.6. The monoisotopic (exact) mass is 361 g/mol. The molecule has 0 amide bonds. The van der Waals surface area contributed by atoms with Crippen LogP contribution in [0.3, 0.4) is 0 Å². The standard InChI is InChI=1S/C13H16BrNO4S/c1-19-13(16)10-5-4-8-15(9-10)20(17,18)12-7-3-2-6-11(12)14/h2-3,6-7,10H,4-5,8-9H2,1H3. The van der Waals surface area contributed by atoms with Gasteiger partial charge >= 0.3 is 5.97 Å². The Bertz CT molecular complexity index is 602. The summed E-state index contributed by atoms with van der Waals surface area (Å²) in [6.45, 7) is 0.605. The van der Waals surface area contributed by atoms with E-state index in [9.17, 15) is 13.2 Å². The molecule has 1 fully saturated rings. The van der Waals surface area contributed by atoms with Crippen LogP contribution in [0.1, 0.15) is 12.8 Å². The number of hydrogen-bond acceptors (Lipinski definition) is 4. The van der Waals surface area contributed by atoms with Crippen molar-refractivity contribution in [3.05, 3.63) is 28.7 Å². The summed E-state index contributed by atoms with van der Waals surface area (Å²) in [6.07, 6.45) is 1.32. The molecule has 0 aliphatic carbocycles. The van der Waals surface area contributed by atoms with E-state index < -0.39 is 10.0 Å². The van der Waals surface area contributed by atoms with Gasteiger partial charge in [-0.2, -0.15) is 4.31 Å². The molecule has 1 heterocycles. The third-order valence-electron chi connectivity index (χ3n) is 3.37. The molecule has 1 atom stereocenters. The van der Waals surface area contributed by atoms with Crippen molar-refractivity contribution in [2.45, 2.75) is 17.7 Å². The molecule has 1 aromatic carbocycles. The molecule has 0 N–H and O–H groups in total. The van der Waals surface area contributed by atoms with Crippen molar-refractivity contribution in [1.29, 1.82) is 0 Å². The van der Waals surface area contributed by atoms with Crippen LogP contribution >= 0.6 is 15.9 Å². The molecule has 0 radical (unpaired) electrons. The molecule has 1 unspecified atom stereocenters. The smallest absolute Gasteiger partial charge is 0.309 e. The lowest BCUT2D eigenvalue weighted by atomic mass is 10.0. The zero-order chi connectivity index (χ0) is 14.8. The Morgan fingerprint density at radius 2 is 2.10 bits per heavy atom. The molecule has 1 aliphatic rings. The van der Waals surface area contributed by atoms with Gasteiger partial charge in [0.2, 0.25) is 10.0 Å². The fourth-order valence-electron chi connectivity index (χ4n) is 2.31. The minimum Gasteiger partial charge on any atom is -0.469 e. The van der Waals surface area contributed by atoms with Crippen molar-refractivity contribution in [2.24, 2.45) is 5.92 Å². The van der Waals surface area contributed by atoms with Gasteiger partial charge < -0.3 is 4.74 Å². The van der Waals surface area contributed by atoms with Crippen molar-refractivity contribution in [1.82, 2.24) is 4.31 Å². The predicted molar refractivity (Wildman–Crippen MR) is 77.6 cm³/mol. The topological polar surface area (TPSA) is 63.7 Å². The quantitative estimate of drug-likeness (QED) is 0.772. The molecule has 1 aliphatic heterocycles. The number of carbonyl (C=O) groups is 1. The second-order valence-electron chi connectivity index (χ2n) is 4.66. The first kappa shape index (κ1) is 15.5. The molecule has 0 spiro atoms.